The summed E-state index contributed by atoms with van der Waals surface area (Å²) in [6, 6.07) is 10.3. The summed E-state index contributed by atoms with van der Waals surface area (Å²) in [6.45, 7) is 4.38. The molecule has 0 spiro atoms. The van der Waals surface area contributed by atoms with E-state index in [4.69, 9.17) is 37.4 Å². The summed E-state index contributed by atoms with van der Waals surface area (Å²) in [4.78, 5) is 17.4. The van der Waals surface area contributed by atoms with Gasteiger partial charge in [0.15, 0.2) is 11.5 Å². The summed E-state index contributed by atoms with van der Waals surface area (Å²) >= 11 is 12.1. The van der Waals surface area contributed by atoms with Crippen molar-refractivity contribution >= 4 is 35.1 Å². The van der Waals surface area contributed by atoms with E-state index in [1.54, 1.807) is 30.8 Å². The highest BCUT2D eigenvalue weighted by molar-refractivity contribution is 6.42. The average Bonchev–Trinajstić information content (AvgIpc) is 3.32. The van der Waals surface area contributed by atoms with Crippen LogP contribution in [0.5, 0.6) is 11.5 Å². The number of esters is 1. The van der Waals surface area contributed by atoms with Gasteiger partial charge < -0.3 is 19.5 Å². The lowest BCUT2D eigenvalue weighted by atomic mass is 9.93. The fourth-order valence-corrected chi connectivity index (χ4v) is 4.30. The van der Waals surface area contributed by atoms with E-state index < -0.39 is 12.0 Å². The van der Waals surface area contributed by atoms with Gasteiger partial charge in [0.1, 0.15) is 19.0 Å². The van der Waals surface area contributed by atoms with Crippen molar-refractivity contribution in [2.24, 2.45) is 0 Å². The van der Waals surface area contributed by atoms with Gasteiger partial charge in [-0.15, -0.1) is 0 Å². The van der Waals surface area contributed by atoms with Gasteiger partial charge in [0.2, 0.25) is 5.95 Å². The fraction of sp³-hybridized carbons (Fsp3) is 0.320. The van der Waals surface area contributed by atoms with Gasteiger partial charge in [-0.1, -0.05) is 48.7 Å². The molecule has 0 unspecified atom stereocenters. The predicted molar refractivity (Wildman–Crippen MR) is 134 cm³/mol. The van der Waals surface area contributed by atoms with Crippen molar-refractivity contribution in [1.82, 2.24) is 14.8 Å². The third-order valence-corrected chi connectivity index (χ3v) is 6.30. The molecule has 10 heteroatoms. The highest BCUT2D eigenvalue weighted by atomic mass is 35.5. The number of anilines is 1. The molecule has 2 aromatic carbocycles. The van der Waals surface area contributed by atoms with Crippen molar-refractivity contribution < 1.29 is 19.0 Å². The van der Waals surface area contributed by atoms with Crippen LogP contribution in [0.25, 0.3) is 0 Å². The summed E-state index contributed by atoms with van der Waals surface area (Å²) in [5.74, 6) is 1.23. The zero-order valence-corrected chi connectivity index (χ0v) is 21.2. The van der Waals surface area contributed by atoms with E-state index in [1.807, 2.05) is 24.3 Å². The van der Waals surface area contributed by atoms with E-state index >= 15 is 0 Å². The molecule has 0 bridgehead atoms. The Bertz CT molecular complexity index is 1260. The zero-order chi connectivity index (χ0) is 24.9. The van der Waals surface area contributed by atoms with Gasteiger partial charge in [0, 0.05) is 5.70 Å². The maximum absolute atomic E-state index is 13.1. The number of carbonyl (C=O) groups is 1. The molecule has 184 valence electrons. The minimum atomic E-state index is -0.535. The molecule has 0 amide bonds. The molecule has 1 aliphatic rings. The van der Waals surface area contributed by atoms with Gasteiger partial charge in [0.25, 0.3) is 0 Å². The van der Waals surface area contributed by atoms with Crippen LogP contribution in [-0.4, -0.2) is 34.5 Å². The van der Waals surface area contributed by atoms with Gasteiger partial charge in [-0.2, -0.15) is 10.1 Å². The molecule has 0 radical (unpaired) electrons. The van der Waals surface area contributed by atoms with Crippen LogP contribution in [0.2, 0.25) is 10.0 Å². The molecular weight excluding hydrogens is 491 g/mol. The lowest BCUT2D eigenvalue weighted by Crippen LogP contribution is -2.30. The highest BCUT2D eigenvalue weighted by Crippen LogP contribution is 2.40. The molecule has 0 aliphatic carbocycles. The van der Waals surface area contributed by atoms with Crippen LogP contribution in [0.4, 0.5) is 5.95 Å². The van der Waals surface area contributed by atoms with Crippen LogP contribution in [0, 0.1) is 0 Å². The van der Waals surface area contributed by atoms with Crippen molar-refractivity contribution in [2.45, 2.75) is 39.3 Å². The molecule has 0 fully saturated rings. The van der Waals surface area contributed by atoms with Gasteiger partial charge >= 0.3 is 5.97 Å². The van der Waals surface area contributed by atoms with E-state index in [-0.39, 0.29) is 13.2 Å². The monoisotopic (exact) mass is 516 g/mol. The summed E-state index contributed by atoms with van der Waals surface area (Å²) in [5.41, 5.74) is 2.93. The van der Waals surface area contributed by atoms with Crippen LogP contribution in [0.3, 0.4) is 0 Å². The van der Waals surface area contributed by atoms with E-state index in [0.29, 0.717) is 39.5 Å². The third kappa shape index (κ3) is 5.23. The number of nitrogens with zero attached hydrogens (tertiary/aromatic N) is 3. The fourth-order valence-electron chi connectivity index (χ4n) is 3.98. The van der Waals surface area contributed by atoms with Gasteiger partial charge in [-0.05, 0) is 48.7 Å². The van der Waals surface area contributed by atoms with Crippen LogP contribution in [-0.2, 0) is 16.1 Å². The molecule has 8 nitrogen and oxygen atoms in total. The van der Waals surface area contributed by atoms with Crippen LogP contribution >= 0.6 is 23.2 Å². The first-order valence-electron chi connectivity index (χ1n) is 11.3. The molecule has 2 heterocycles. The first-order chi connectivity index (χ1) is 17.0. The standard InChI is InChI=1S/C25H26Cl2N4O4/c1-4-6-19-22(24(32)34-5-2)23(31-25(30-19)28-14-29-31)16-8-10-20(21(12-16)33-3)35-13-15-7-9-17(26)18(27)11-15/h7-12,14,23H,4-6,13H2,1-3H3,(H,28,29,30)/t23-/m1/s1. The number of allylic oxidation sites excluding steroid dienone is 1. The maximum atomic E-state index is 13.1. The Balaban J connectivity index is 1.70. The van der Waals surface area contributed by atoms with E-state index in [0.717, 1.165) is 23.2 Å². The Morgan fingerprint density at radius 2 is 1.94 bits per heavy atom. The number of hydrogen-bond donors (Lipinski definition) is 1. The molecule has 35 heavy (non-hydrogen) atoms. The molecule has 3 aromatic rings. The van der Waals surface area contributed by atoms with Gasteiger partial charge in [0.05, 0.1) is 29.3 Å². The van der Waals surface area contributed by atoms with E-state index in [1.165, 1.54) is 6.33 Å². The van der Waals surface area contributed by atoms with Gasteiger partial charge in [-0.3, -0.25) is 0 Å². The number of ether oxygens (including phenoxy) is 3. The zero-order valence-electron chi connectivity index (χ0n) is 19.7. The van der Waals surface area contributed by atoms with Crippen LogP contribution in [0.15, 0.2) is 54.0 Å². The Hall–Kier alpha value is -3.23. The minimum Gasteiger partial charge on any atom is -0.493 e. The number of hydrogen-bond acceptors (Lipinski definition) is 7. The van der Waals surface area contributed by atoms with E-state index in [9.17, 15) is 4.79 Å². The van der Waals surface area contributed by atoms with Crippen LogP contribution in [0.1, 0.15) is 43.9 Å². The number of rotatable bonds is 9. The maximum Gasteiger partial charge on any atom is 0.338 e. The van der Waals surface area contributed by atoms with Crippen molar-refractivity contribution in [3.63, 3.8) is 0 Å². The summed E-state index contributed by atoms with van der Waals surface area (Å²) in [7, 11) is 1.57. The Kier molecular flexibility index (Phi) is 7.83. The predicted octanol–water partition coefficient (Wildman–Crippen LogP) is 5.80. The number of benzene rings is 2. The topological polar surface area (TPSA) is 87.5 Å². The summed E-state index contributed by atoms with van der Waals surface area (Å²) in [5, 5.41) is 8.57. The second kappa shape index (κ2) is 11.0. The average molecular weight is 517 g/mol. The Morgan fingerprint density at radius 1 is 1.11 bits per heavy atom. The molecule has 1 aromatic heterocycles. The first kappa shape index (κ1) is 24.9. The van der Waals surface area contributed by atoms with Crippen molar-refractivity contribution in [3.8, 4) is 11.5 Å². The molecule has 0 saturated heterocycles. The minimum absolute atomic E-state index is 0.267. The number of nitrogens with one attached hydrogen (secondary N) is 1. The lowest BCUT2D eigenvalue weighted by Gasteiger charge is -2.29. The third-order valence-electron chi connectivity index (χ3n) is 5.56. The van der Waals surface area contributed by atoms with Gasteiger partial charge in [-0.25, -0.2) is 9.48 Å². The van der Waals surface area contributed by atoms with Crippen molar-refractivity contribution in [2.75, 3.05) is 19.0 Å². The molecular formula is C25H26Cl2N4O4. The molecule has 0 saturated carbocycles. The molecule has 4 rings (SSSR count). The smallest absolute Gasteiger partial charge is 0.338 e. The number of fused-ring (bicyclic) bond motifs is 1. The summed E-state index contributed by atoms with van der Waals surface area (Å²) < 4.78 is 18.7. The molecule has 1 N–H and O–H groups in total. The highest BCUT2D eigenvalue weighted by Gasteiger charge is 2.35. The number of aromatic nitrogens is 3. The quantitative estimate of drug-likeness (QED) is 0.359. The van der Waals surface area contributed by atoms with Crippen LogP contribution < -0.4 is 14.8 Å². The SMILES string of the molecule is CCCC1=C(C(=O)OCC)[C@@H](c2ccc(OCc3ccc(Cl)c(Cl)c3)c(OC)c2)n2ncnc2N1. The number of methoxy groups -OCH3 is 1. The lowest BCUT2D eigenvalue weighted by molar-refractivity contribution is -0.139. The molecule has 1 atom stereocenters. The number of carbonyl (C=O) groups excluding carboxylic acids is 1. The van der Waals surface area contributed by atoms with E-state index in [2.05, 4.69) is 22.3 Å². The normalized spacial score (nSPS) is 14.8. The number of halogens is 2. The largest absolute Gasteiger partial charge is 0.493 e. The molecule has 1 aliphatic heterocycles. The summed E-state index contributed by atoms with van der Waals surface area (Å²) in [6.07, 6.45) is 2.97. The first-order valence-corrected chi connectivity index (χ1v) is 12.0. The van der Waals surface area contributed by atoms with Crippen molar-refractivity contribution in [3.05, 3.63) is 75.2 Å². The second-order valence-corrected chi connectivity index (χ2v) is 8.68. The Labute approximate surface area is 213 Å². The van der Waals surface area contributed by atoms with Crippen molar-refractivity contribution in [1.29, 1.82) is 0 Å². The second-order valence-electron chi connectivity index (χ2n) is 7.87. The Morgan fingerprint density at radius 3 is 2.66 bits per heavy atom.